The van der Waals surface area contributed by atoms with E-state index in [0.717, 1.165) is 10.0 Å². The molecular formula is C16H16BrFN2O2. The van der Waals surface area contributed by atoms with Gasteiger partial charge in [-0.2, -0.15) is 0 Å². The maximum atomic E-state index is 13.2. The van der Waals surface area contributed by atoms with Gasteiger partial charge in [-0.15, -0.1) is 0 Å². The van der Waals surface area contributed by atoms with E-state index < -0.39 is 0 Å². The highest BCUT2D eigenvalue weighted by Crippen LogP contribution is 2.09. The van der Waals surface area contributed by atoms with E-state index in [0.29, 0.717) is 13.1 Å². The van der Waals surface area contributed by atoms with Crippen LogP contribution in [-0.4, -0.2) is 21.9 Å². The normalized spacial score (nSPS) is 10.5. The van der Waals surface area contributed by atoms with Crippen molar-refractivity contribution in [1.29, 1.82) is 0 Å². The molecule has 0 aliphatic heterocycles. The van der Waals surface area contributed by atoms with Gasteiger partial charge in [0, 0.05) is 29.8 Å². The second kappa shape index (κ2) is 7.35. The van der Waals surface area contributed by atoms with Gasteiger partial charge in [0.2, 0.25) is 5.91 Å². The molecule has 1 heterocycles. The number of likely N-dealkylation sites (N-methyl/N-ethyl adjacent to an activating group) is 1. The van der Waals surface area contributed by atoms with E-state index in [1.807, 2.05) is 6.92 Å². The molecule has 2 rings (SSSR count). The highest BCUT2D eigenvalue weighted by molar-refractivity contribution is 9.10. The highest BCUT2D eigenvalue weighted by atomic mass is 79.9. The van der Waals surface area contributed by atoms with E-state index in [4.69, 9.17) is 0 Å². The molecule has 1 aromatic heterocycles. The number of carbonyl (C=O) groups is 1. The van der Waals surface area contributed by atoms with Crippen molar-refractivity contribution in [3.63, 3.8) is 0 Å². The summed E-state index contributed by atoms with van der Waals surface area (Å²) in [5.41, 5.74) is 0.482. The summed E-state index contributed by atoms with van der Waals surface area (Å²) in [5.74, 6) is -0.517. The molecule has 1 amide bonds. The van der Waals surface area contributed by atoms with E-state index in [1.54, 1.807) is 29.3 Å². The maximum Gasteiger partial charge on any atom is 0.251 e. The summed E-state index contributed by atoms with van der Waals surface area (Å²) in [6.45, 7) is 2.61. The van der Waals surface area contributed by atoms with Crippen LogP contribution >= 0.6 is 15.9 Å². The van der Waals surface area contributed by atoms with Crippen molar-refractivity contribution in [2.24, 2.45) is 0 Å². The largest absolute Gasteiger partial charge is 0.337 e. The number of rotatable bonds is 5. The van der Waals surface area contributed by atoms with Crippen LogP contribution in [-0.2, 0) is 17.9 Å². The van der Waals surface area contributed by atoms with Crippen LogP contribution in [0.15, 0.2) is 51.9 Å². The Bertz CT molecular complexity index is 730. The summed E-state index contributed by atoms with van der Waals surface area (Å²) in [7, 11) is 0. The molecule has 116 valence electrons. The minimum atomic E-state index is -0.329. The topological polar surface area (TPSA) is 42.3 Å². The zero-order valence-corrected chi connectivity index (χ0v) is 13.7. The van der Waals surface area contributed by atoms with E-state index in [-0.39, 0.29) is 23.8 Å². The maximum absolute atomic E-state index is 13.2. The van der Waals surface area contributed by atoms with Crippen LogP contribution in [0.25, 0.3) is 0 Å². The molecule has 0 atom stereocenters. The molecule has 1 aromatic carbocycles. The lowest BCUT2D eigenvalue weighted by Gasteiger charge is -2.21. The Hall–Kier alpha value is -1.95. The zero-order chi connectivity index (χ0) is 16.1. The van der Waals surface area contributed by atoms with Gasteiger partial charge in [0.05, 0.1) is 0 Å². The van der Waals surface area contributed by atoms with Gasteiger partial charge in [-0.25, -0.2) is 4.39 Å². The number of hydrogen-bond acceptors (Lipinski definition) is 2. The Morgan fingerprint density at radius 3 is 2.77 bits per heavy atom. The van der Waals surface area contributed by atoms with E-state index in [9.17, 15) is 14.0 Å². The number of aromatic nitrogens is 1. The number of halogens is 2. The molecule has 0 aliphatic carbocycles. The molecule has 0 spiro atoms. The molecule has 2 aromatic rings. The van der Waals surface area contributed by atoms with Crippen LogP contribution in [0.3, 0.4) is 0 Å². The third-order valence-corrected chi connectivity index (χ3v) is 3.72. The zero-order valence-electron chi connectivity index (χ0n) is 12.1. The van der Waals surface area contributed by atoms with Gasteiger partial charge in [-0.1, -0.05) is 12.1 Å². The second-order valence-electron chi connectivity index (χ2n) is 4.85. The van der Waals surface area contributed by atoms with Crippen LogP contribution in [0.2, 0.25) is 0 Å². The lowest BCUT2D eigenvalue weighted by molar-refractivity contribution is -0.132. The van der Waals surface area contributed by atoms with Gasteiger partial charge >= 0.3 is 0 Å². The average Bonchev–Trinajstić information content (AvgIpc) is 2.48. The minimum Gasteiger partial charge on any atom is -0.337 e. The number of pyridine rings is 1. The van der Waals surface area contributed by atoms with E-state index in [1.165, 1.54) is 22.8 Å². The van der Waals surface area contributed by atoms with Gasteiger partial charge in [-0.05, 0) is 46.6 Å². The third kappa shape index (κ3) is 4.27. The Morgan fingerprint density at radius 1 is 1.32 bits per heavy atom. The fourth-order valence-corrected chi connectivity index (χ4v) is 2.48. The predicted octanol–water partition coefficient (Wildman–Crippen LogP) is 2.80. The predicted molar refractivity (Wildman–Crippen MR) is 85.9 cm³/mol. The molecule has 0 unspecified atom stereocenters. The number of nitrogens with zero attached hydrogens (tertiary/aromatic N) is 2. The second-order valence-corrected chi connectivity index (χ2v) is 5.77. The quantitative estimate of drug-likeness (QED) is 0.816. The first-order chi connectivity index (χ1) is 10.5. The fraction of sp³-hybridized carbons (Fsp3) is 0.250. The number of benzene rings is 1. The molecule has 0 saturated carbocycles. The van der Waals surface area contributed by atoms with Crippen LogP contribution in [0, 0.1) is 5.82 Å². The smallest absolute Gasteiger partial charge is 0.251 e. The summed E-state index contributed by atoms with van der Waals surface area (Å²) < 4.78 is 15.3. The highest BCUT2D eigenvalue weighted by Gasteiger charge is 2.14. The average molecular weight is 367 g/mol. The Morgan fingerprint density at radius 2 is 2.09 bits per heavy atom. The molecule has 4 nitrogen and oxygen atoms in total. The van der Waals surface area contributed by atoms with Crippen LogP contribution in [0.1, 0.15) is 12.5 Å². The number of carbonyl (C=O) groups excluding carboxylic acids is 1. The molecule has 0 fully saturated rings. The summed E-state index contributed by atoms with van der Waals surface area (Å²) in [6.07, 6.45) is 1.58. The van der Waals surface area contributed by atoms with Crippen molar-refractivity contribution >= 4 is 21.8 Å². The summed E-state index contributed by atoms with van der Waals surface area (Å²) >= 11 is 3.28. The van der Waals surface area contributed by atoms with Crippen LogP contribution in [0.4, 0.5) is 4.39 Å². The van der Waals surface area contributed by atoms with Gasteiger partial charge in [0.1, 0.15) is 12.4 Å². The van der Waals surface area contributed by atoms with Gasteiger partial charge in [-0.3, -0.25) is 9.59 Å². The Kier molecular flexibility index (Phi) is 5.49. The molecule has 0 radical (unpaired) electrons. The molecule has 0 N–H and O–H groups in total. The van der Waals surface area contributed by atoms with Crippen molar-refractivity contribution in [2.75, 3.05) is 6.54 Å². The SMILES string of the molecule is CCN(Cc1cccc(F)c1)C(=O)Cn1cc(Br)ccc1=O. The summed E-state index contributed by atoms with van der Waals surface area (Å²) in [4.78, 5) is 25.7. The monoisotopic (exact) mass is 366 g/mol. The van der Waals surface area contributed by atoms with Crippen molar-refractivity contribution in [2.45, 2.75) is 20.0 Å². The lowest BCUT2D eigenvalue weighted by Crippen LogP contribution is -2.35. The van der Waals surface area contributed by atoms with Crippen LogP contribution in [0.5, 0.6) is 0 Å². The van der Waals surface area contributed by atoms with Crippen molar-refractivity contribution in [3.8, 4) is 0 Å². The molecule has 0 bridgehead atoms. The molecular weight excluding hydrogens is 351 g/mol. The van der Waals surface area contributed by atoms with Crippen molar-refractivity contribution in [1.82, 2.24) is 9.47 Å². The lowest BCUT2D eigenvalue weighted by atomic mass is 10.2. The van der Waals surface area contributed by atoms with Gasteiger partial charge in [0.25, 0.3) is 5.56 Å². The molecule has 6 heteroatoms. The van der Waals surface area contributed by atoms with Gasteiger partial charge < -0.3 is 9.47 Å². The standard InChI is InChI=1S/C16H16BrFN2O2/c1-2-19(9-12-4-3-5-14(18)8-12)16(22)11-20-10-13(17)6-7-15(20)21/h3-8,10H,2,9,11H2,1H3. The summed E-state index contributed by atoms with van der Waals surface area (Å²) in [5, 5.41) is 0. The van der Waals surface area contributed by atoms with Gasteiger partial charge in [0.15, 0.2) is 0 Å². The van der Waals surface area contributed by atoms with Crippen LogP contribution < -0.4 is 5.56 Å². The Balaban J connectivity index is 2.12. The van der Waals surface area contributed by atoms with E-state index >= 15 is 0 Å². The first-order valence-electron chi connectivity index (χ1n) is 6.88. The first kappa shape index (κ1) is 16.4. The molecule has 0 aliphatic rings. The number of amides is 1. The van der Waals surface area contributed by atoms with Crippen molar-refractivity contribution in [3.05, 3.63) is 68.8 Å². The van der Waals surface area contributed by atoms with E-state index in [2.05, 4.69) is 15.9 Å². The molecule has 0 saturated heterocycles. The minimum absolute atomic E-state index is 0.0402. The number of hydrogen-bond donors (Lipinski definition) is 0. The first-order valence-corrected chi connectivity index (χ1v) is 7.67. The Labute approximate surface area is 136 Å². The third-order valence-electron chi connectivity index (χ3n) is 3.25. The summed E-state index contributed by atoms with van der Waals surface area (Å²) in [6, 6.07) is 9.18. The fourth-order valence-electron chi connectivity index (χ4n) is 2.10. The van der Waals surface area contributed by atoms with Crippen molar-refractivity contribution < 1.29 is 9.18 Å². The molecule has 22 heavy (non-hydrogen) atoms.